The van der Waals surface area contributed by atoms with Gasteiger partial charge in [0.25, 0.3) is 0 Å². The predicted octanol–water partition coefficient (Wildman–Crippen LogP) is 2.52. The standard InChI is InChI=1S/C18H17N5O3S2/c1-26-15-9-11(17-20-6-7-27-17)8-12-10-21-18(23-16(12)15)22-13-2-4-14(5-3-13)28(19,24)25/h2-5,8-10H,6-7H2,1H3,(H2,19,24,25)(H,21,22,23). The molecule has 10 heteroatoms. The van der Waals surface area contributed by atoms with Crippen molar-refractivity contribution in [2.45, 2.75) is 4.90 Å². The van der Waals surface area contributed by atoms with Crippen LogP contribution in [0.25, 0.3) is 10.9 Å². The maximum absolute atomic E-state index is 11.4. The molecule has 0 saturated heterocycles. The van der Waals surface area contributed by atoms with Gasteiger partial charge in [-0.05, 0) is 36.4 Å². The van der Waals surface area contributed by atoms with Gasteiger partial charge in [0.15, 0.2) is 0 Å². The van der Waals surface area contributed by atoms with Crippen molar-refractivity contribution in [1.82, 2.24) is 9.97 Å². The summed E-state index contributed by atoms with van der Waals surface area (Å²) in [6.45, 7) is 0.823. The van der Waals surface area contributed by atoms with Crippen LogP contribution in [0.2, 0.25) is 0 Å². The molecule has 4 rings (SSSR count). The fraction of sp³-hybridized carbons (Fsp3) is 0.167. The maximum atomic E-state index is 11.4. The van der Waals surface area contributed by atoms with E-state index < -0.39 is 10.0 Å². The van der Waals surface area contributed by atoms with Crippen molar-refractivity contribution in [2.75, 3.05) is 24.7 Å². The van der Waals surface area contributed by atoms with E-state index in [2.05, 4.69) is 20.3 Å². The Kier molecular flexibility index (Phi) is 4.92. The van der Waals surface area contributed by atoms with Crippen LogP contribution in [0.1, 0.15) is 5.56 Å². The number of hydrogen-bond acceptors (Lipinski definition) is 8. The lowest BCUT2D eigenvalue weighted by atomic mass is 10.1. The minimum Gasteiger partial charge on any atom is -0.494 e. The first kappa shape index (κ1) is 18.7. The molecule has 1 aromatic heterocycles. The van der Waals surface area contributed by atoms with Crippen molar-refractivity contribution >= 4 is 49.4 Å². The molecule has 0 bridgehead atoms. The molecule has 0 amide bonds. The highest BCUT2D eigenvalue weighted by Crippen LogP contribution is 2.30. The van der Waals surface area contributed by atoms with Crippen molar-refractivity contribution in [3.05, 3.63) is 48.2 Å². The third-order valence-corrected chi connectivity index (χ3v) is 6.09. The van der Waals surface area contributed by atoms with Crippen molar-refractivity contribution < 1.29 is 13.2 Å². The topological polar surface area (TPSA) is 120 Å². The highest BCUT2D eigenvalue weighted by molar-refractivity contribution is 8.14. The van der Waals surface area contributed by atoms with Gasteiger partial charge in [-0.3, -0.25) is 4.99 Å². The molecule has 0 atom stereocenters. The second-order valence-corrected chi connectivity index (χ2v) is 8.68. The number of sulfonamides is 1. The number of nitrogens with zero attached hydrogens (tertiary/aromatic N) is 3. The zero-order valence-electron chi connectivity index (χ0n) is 14.9. The average molecular weight is 416 g/mol. The van der Waals surface area contributed by atoms with Crippen LogP contribution in [-0.4, -0.2) is 42.8 Å². The molecular formula is C18H17N5O3S2. The fourth-order valence-corrected chi connectivity index (χ4v) is 4.18. The summed E-state index contributed by atoms with van der Waals surface area (Å²) in [6, 6.07) is 9.97. The number of aliphatic imine (C=N–C) groups is 1. The molecule has 0 spiro atoms. The lowest BCUT2D eigenvalue weighted by Gasteiger charge is -2.10. The fourth-order valence-electron chi connectivity index (χ4n) is 2.82. The first-order valence-electron chi connectivity index (χ1n) is 8.36. The summed E-state index contributed by atoms with van der Waals surface area (Å²) < 4.78 is 28.2. The molecule has 3 aromatic rings. The lowest BCUT2D eigenvalue weighted by Crippen LogP contribution is -2.11. The average Bonchev–Trinajstić information content (AvgIpc) is 3.22. The number of aromatic nitrogens is 2. The minimum absolute atomic E-state index is 0.0411. The largest absolute Gasteiger partial charge is 0.494 e. The zero-order valence-corrected chi connectivity index (χ0v) is 16.5. The van der Waals surface area contributed by atoms with Gasteiger partial charge in [0, 0.05) is 35.1 Å². The third-order valence-electron chi connectivity index (χ3n) is 4.14. The van der Waals surface area contributed by atoms with Crippen LogP contribution in [-0.2, 0) is 10.0 Å². The van der Waals surface area contributed by atoms with Crippen molar-refractivity contribution in [2.24, 2.45) is 10.1 Å². The van der Waals surface area contributed by atoms with E-state index in [9.17, 15) is 8.42 Å². The second-order valence-electron chi connectivity index (χ2n) is 6.04. The number of fused-ring (bicyclic) bond motifs is 1. The second kappa shape index (κ2) is 7.38. The molecular weight excluding hydrogens is 398 g/mol. The lowest BCUT2D eigenvalue weighted by molar-refractivity contribution is 0.419. The zero-order chi connectivity index (χ0) is 19.7. The van der Waals surface area contributed by atoms with E-state index in [1.54, 1.807) is 37.2 Å². The van der Waals surface area contributed by atoms with E-state index in [1.807, 2.05) is 12.1 Å². The number of rotatable bonds is 5. The van der Waals surface area contributed by atoms with Gasteiger partial charge in [-0.25, -0.2) is 23.5 Å². The predicted molar refractivity (Wildman–Crippen MR) is 111 cm³/mol. The highest BCUT2D eigenvalue weighted by Gasteiger charge is 2.15. The summed E-state index contributed by atoms with van der Waals surface area (Å²) in [7, 11) is -2.13. The molecule has 0 saturated carbocycles. The number of benzene rings is 2. The van der Waals surface area contributed by atoms with E-state index >= 15 is 0 Å². The molecule has 2 aromatic carbocycles. The first-order chi connectivity index (χ1) is 13.4. The summed E-state index contributed by atoms with van der Waals surface area (Å²) >= 11 is 1.72. The molecule has 144 valence electrons. The van der Waals surface area contributed by atoms with E-state index in [0.29, 0.717) is 22.9 Å². The molecule has 0 unspecified atom stereocenters. The number of methoxy groups -OCH3 is 1. The Bertz CT molecular complexity index is 1180. The number of nitrogens with two attached hydrogens (primary N) is 1. The maximum Gasteiger partial charge on any atom is 0.238 e. The minimum atomic E-state index is -3.73. The number of anilines is 2. The van der Waals surface area contributed by atoms with Crippen LogP contribution < -0.4 is 15.2 Å². The number of ether oxygens (including phenoxy) is 1. The van der Waals surface area contributed by atoms with Crippen LogP contribution in [0.4, 0.5) is 11.6 Å². The smallest absolute Gasteiger partial charge is 0.238 e. The van der Waals surface area contributed by atoms with Gasteiger partial charge in [-0.15, -0.1) is 11.8 Å². The van der Waals surface area contributed by atoms with Crippen LogP contribution in [0.5, 0.6) is 5.75 Å². The highest BCUT2D eigenvalue weighted by atomic mass is 32.2. The molecule has 8 nitrogen and oxygen atoms in total. The van der Waals surface area contributed by atoms with Gasteiger partial charge in [0.05, 0.1) is 17.0 Å². The molecule has 3 N–H and O–H groups in total. The molecule has 28 heavy (non-hydrogen) atoms. The van der Waals surface area contributed by atoms with Crippen LogP contribution in [0, 0.1) is 0 Å². The number of hydrogen-bond donors (Lipinski definition) is 2. The van der Waals surface area contributed by atoms with Crippen molar-refractivity contribution in [1.29, 1.82) is 0 Å². The third kappa shape index (κ3) is 3.79. The van der Waals surface area contributed by atoms with Crippen molar-refractivity contribution in [3.8, 4) is 5.75 Å². The molecule has 0 aliphatic carbocycles. The molecule has 1 aliphatic heterocycles. The molecule has 1 aliphatic rings. The quantitative estimate of drug-likeness (QED) is 0.657. The van der Waals surface area contributed by atoms with Crippen LogP contribution in [0.15, 0.2) is 52.5 Å². The van der Waals surface area contributed by atoms with E-state index in [-0.39, 0.29) is 4.90 Å². The molecule has 0 radical (unpaired) electrons. The Hall–Kier alpha value is -2.69. The van der Waals surface area contributed by atoms with Gasteiger partial charge in [-0.2, -0.15) is 0 Å². The first-order valence-corrected chi connectivity index (χ1v) is 10.9. The monoisotopic (exact) mass is 415 g/mol. The van der Waals surface area contributed by atoms with Gasteiger partial charge in [0.2, 0.25) is 16.0 Å². The Morgan fingerprint density at radius 1 is 1.21 bits per heavy atom. The summed E-state index contributed by atoms with van der Waals surface area (Å²) in [5.41, 5.74) is 2.31. The summed E-state index contributed by atoms with van der Waals surface area (Å²) in [5, 5.41) is 10.0. The SMILES string of the molecule is COc1cc(C2=NCCS2)cc2cnc(Nc3ccc(S(N)(=O)=O)cc3)nc12. The van der Waals surface area contributed by atoms with Gasteiger partial charge < -0.3 is 10.1 Å². The van der Waals surface area contributed by atoms with Crippen molar-refractivity contribution in [3.63, 3.8) is 0 Å². The van der Waals surface area contributed by atoms with Gasteiger partial charge in [-0.1, -0.05) is 0 Å². The normalized spacial score (nSPS) is 14.1. The summed E-state index contributed by atoms with van der Waals surface area (Å²) in [4.78, 5) is 13.4. The Morgan fingerprint density at radius 3 is 2.64 bits per heavy atom. The van der Waals surface area contributed by atoms with E-state index in [0.717, 1.165) is 28.3 Å². The van der Waals surface area contributed by atoms with Gasteiger partial charge >= 0.3 is 0 Å². The Balaban J connectivity index is 1.66. The number of primary sulfonamides is 1. The Labute approximate surface area is 166 Å². The van der Waals surface area contributed by atoms with Crippen LogP contribution in [0.3, 0.4) is 0 Å². The molecule has 2 heterocycles. The summed E-state index contributed by atoms with van der Waals surface area (Å²) in [6.07, 6.45) is 1.72. The Morgan fingerprint density at radius 2 is 2.00 bits per heavy atom. The van der Waals surface area contributed by atoms with Gasteiger partial charge in [0.1, 0.15) is 11.3 Å². The molecule has 0 fully saturated rings. The van der Waals surface area contributed by atoms with Crippen LogP contribution >= 0.6 is 11.8 Å². The van der Waals surface area contributed by atoms with E-state index in [4.69, 9.17) is 9.88 Å². The number of thioether (sulfide) groups is 1. The summed E-state index contributed by atoms with van der Waals surface area (Å²) in [5.74, 6) is 1.99. The number of nitrogens with one attached hydrogen (secondary N) is 1. The van der Waals surface area contributed by atoms with E-state index in [1.165, 1.54) is 12.1 Å².